The van der Waals surface area contributed by atoms with Crippen molar-refractivity contribution >= 4 is 17.9 Å². The van der Waals surface area contributed by atoms with Crippen LogP contribution in [0.2, 0.25) is 0 Å². The van der Waals surface area contributed by atoms with Crippen LogP contribution in [0, 0.1) is 0 Å². The molecule has 6 heteroatoms. The molecule has 1 unspecified atom stereocenters. The number of carbonyl (C=O) groups excluding carboxylic acids is 3. The van der Waals surface area contributed by atoms with Crippen molar-refractivity contribution in [2.45, 2.75) is 367 Å². The van der Waals surface area contributed by atoms with Gasteiger partial charge in [-0.25, -0.2) is 0 Å². The van der Waals surface area contributed by atoms with Crippen LogP contribution in [0.15, 0.2) is 48.6 Å². The molecule has 0 saturated carbocycles. The summed E-state index contributed by atoms with van der Waals surface area (Å²) < 4.78 is 16.9. The van der Waals surface area contributed by atoms with Gasteiger partial charge in [0.1, 0.15) is 13.2 Å². The number of ether oxygens (including phenoxy) is 3. The van der Waals surface area contributed by atoms with Crippen molar-refractivity contribution in [3.63, 3.8) is 0 Å². The highest BCUT2D eigenvalue weighted by Crippen LogP contribution is 2.17. The molecular formula is C70H128O6. The van der Waals surface area contributed by atoms with Gasteiger partial charge in [-0.05, 0) is 83.5 Å². The highest BCUT2D eigenvalue weighted by atomic mass is 16.6. The first-order valence-corrected chi connectivity index (χ1v) is 33.6. The van der Waals surface area contributed by atoms with Crippen molar-refractivity contribution in [3.8, 4) is 0 Å². The summed E-state index contributed by atoms with van der Waals surface area (Å²) in [5.41, 5.74) is 0. The van der Waals surface area contributed by atoms with Gasteiger partial charge in [-0.1, -0.05) is 307 Å². The van der Waals surface area contributed by atoms with Crippen molar-refractivity contribution in [1.82, 2.24) is 0 Å². The lowest BCUT2D eigenvalue weighted by Gasteiger charge is -2.18. The normalized spacial score (nSPS) is 12.3. The van der Waals surface area contributed by atoms with Gasteiger partial charge in [-0.15, -0.1) is 0 Å². The molecule has 0 fully saturated rings. The first-order chi connectivity index (χ1) is 37.5. The summed E-state index contributed by atoms with van der Waals surface area (Å²) in [6, 6.07) is 0. The van der Waals surface area contributed by atoms with Gasteiger partial charge in [0.05, 0.1) is 0 Å². The second-order valence-electron chi connectivity index (χ2n) is 22.7. The van der Waals surface area contributed by atoms with Crippen LogP contribution in [0.5, 0.6) is 0 Å². The fraction of sp³-hybridized carbons (Fsp3) is 0.843. The van der Waals surface area contributed by atoms with E-state index in [4.69, 9.17) is 14.2 Å². The van der Waals surface area contributed by atoms with Gasteiger partial charge in [0, 0.05) is 19.3 Å². The third-order valence-corrected chi connectivity index (χ3v) is 15.1. The largest absolute Gasteiger partial charge is 0.462 e. The molecule has 0 aromatic heterocycles. The van der Waals surface area contributed by atoms with E-state index in [1.165, 1.54) is 244 Å². The summed E-state index contributed by atoms with van der Waals surface area (Å²) in [5.74, 6) is -0.859. The Morgan fingerprint density at radius 2 is 0.474 bits per heavy atom. The van der Waals surface area contributed by atoms with Crippen molar-refractivity contribution < 1.29 is 28.6 Å². The van der Waals surface area contributed by atoms with Crippen molar-refractivity contribution in [2.75, 3.05) is 13.2 Å². The van der Waals surface area contributed by atoms with Gasteiger partial charge < -0.3 is 14.2 Å². The number of allylic oxidation sites excluding steroid dienone is 8. The zero-order valence-electron chi connectivity index (χ0n) is 51.0. The molecule has 0 rings (SSSR count). The third-order valence-electron chi connectivity index (χ3n) is 15.1. The minimum atomic E-state index is -0.775. The second kappa shape index (κ2) is 64.9. The van der Waals surface area contributed by atoms with E-state index in [0.29, 0.717) is 19.3 Å². The summed E-state index contributed by atoms with van der Waals surface area (Å²) in [4.78, 5) is 38.3. The molecule has 0 aromatic rings. The number of esters is 3. The van der Waals surface area contributed by atoms with E-state index in [0.717, 1.165) is 77.0 Å². The molecule has 0 aliphatic heterocycles. The molecule has 0 aromatic carbocycles. The first kappa shape index (κ1) is 73.4. The van der Waals surface area contributed by atoms with Crippen molar-refractivity contribution in [1.29, 1.82) is 0 Å². The zero-order valence-corrected chi connectivity index (χ0v) is 51.0. The summed E-state index contributed by atoms with van der Waals surface area (Å²) in [6.45, 7) is 6.67. The van der Waals surface area contributed by atoms with Crippen LogP contribution in [-0.2, 0) is 28.6 Å². The molecule has 0 aliphatic carbocycles. The minimum absolute atomic E-state index is 0.0718. The maximum absolute atomic E-state index is 12.9. The van der Waals surface area contributed by atoms with E-state index in [1.807, 2.05) is 0 Å². The van der Waals surface area contributed by atoms with E-state index in [-0.39, 0.29) is 31.1 Å². The highest BCUT2D eigenvalue weighted by molar-refractivity contribution is 5.71. The van der Waals surface area contributed by atoms with E-state index in [9.17, 15) is 14.4 Å². The molecule has 0 amide bonds. The number of hydrogen-bond acceptors (Lipinski definition) is 6. The molecule has 0 saturated heterocycles. The average molecular weight is 1070 g/mol. The first-order valence-electron chi connectivity index (χ1n) is 33.6. The molecular weight excluding hydrogens is 937 g/mol. The minimum Gasteiger partial charge on any atom is -0.462 e. The molecule has 0 radical (unpaired) electrons. The molecule has 6 nitrogen and oxygen atoms in total. The maximum Gasteiger partial charge on any atom is 0.306 e. The van der Waals surface area contributed by atoms with Crippen LogP contribution in [0.4, 0.5) is 0 Å². The molecule has 0 N–H and O–H groups in total. The van der Waals surface area contributed by atoms with Gasteiger partial charge in [-0.3, -0.25) is 14.4 Å². The topological polar surface area (TPSA) is 78.9 Å². The number of rotatable bonds is 62. The van der Waals surface area contributed by atoms with Gasteiger partial charge in [0.25, 0.3) is 0 Å². The molecule has 0 aliphatic rings. The van der Waals surface area contributed by atoms with Crippen molar-refractivity contribution in [2.24, 2.45) is 0 Å². The quantitative estimate of drug-likeness (QED) is 0.0261. The fourth-order valence-electron chi connectivity index (χ4n) is 9.98. The zero-order chi connectivity index (χ0) is 55.0. The van der Waals surface area contributed by atoms with E-state index in [1.54, 1.807) is 0 Å². The predicted octanol–water partition coefficient (Wildman–Crippen LogP) is 22.9. The second-order valence-corrected chi connectivity index (χ2v) is 22.7. The lowest BCUT2D eigenvalue weighted by atomic mass is 10.0. The van der Waals surface area contributed by atoms with Crippen LogP contribution in [0.25, 0.3) is 0 Å². The molecule has 1 atom stereocenters. The van der Waals surface area contributed by atoms with Crippen LogP contribution in [-0.4, -0.2) is 37.2 Å². The SMILES string of the molecule is CCCCCCC/C=C\C/C=C\C/C=C\CCCCCCCCCCCCCCCCC(=O)OCC(COC(=O)CCCCCCCCCCCCCCC)OC(=O)CCCCCCC/C=C\CCCCCCCCC. The van der Waals surface area contributed by atoms with Crippen LogP contribution >= 0.6 is 0 Å². The number of hydrogen-bond donors (Lipinski definition) is 0. The van der Waals surface area contributed by atoms with E-state index < -0.39 is 6.10 Å². The summed E-state index contributed by atoms with van der Waals surface area (Å²) >= 11 is 0. The molecule has 0 heterocycles. The Kier molecular flexibility index (Phi) is 62.6. The monoisotopic (exact) mass is 1060 g/mol. The maximum atomic E-state index is 12.9. The Hall–Kier alpha value is -2.63. The van der Waals surface area contributed by atoms with Crippen LogP contribution in [0.1, 0.15) is 361 Å². The Balaban J connectivity index is 4.20. The number of unbranched alkanes of at least 4 members (excludes halogenated alkanes) is 43. The van der Waals surface area contributed by atoms with Gasteiger partial charge in [-0.2, -0.15) is 0 Å². The number of carbonyl (C=O) groups is 3. The molecule has 444 valence electrons. The third kappa shape index (κ3) is 62.2. The Morgan fingerprint density at radius 1 is 0.263 bits per heavy atom. The highest BCUT2D eigenvalue weighted by Gasteiger charge is 2.19. The standard InChI is InChI=1S/C70H128O6/c1-4-7-10-13-16-19-22-25-27-29-30-31-32-33-34-35-36-37-38-39-40-41-43-45-48-51-54-57-60-63-69(72)75-66-67(65-74-68(71)62-59-56-53-50-47-44-24-21-18-15-12-9-6-3)76-70(73)64-61-58-55-52-49-46-42-28-26-23-20-17-14-11-8-5-2/h22,25,28-30,32-33,42,67H,4-21,23-24,26-27,31,34-41,43-66H2,1-3H3/b25-22-,30-29-,33-32-,42-28-. The van der Waals surface area contributed by atoms with Gasteiger partial charge in [0.15, 0.2) is 6.10 Å². The van der Waals surface area contributed by atoms with Crippen LogP contribution in [0.3, 0.4) is 0 Å². The lowest BCUT2D eigenvalue weighted by Crippen LogP contribution is -2.30. The molecule has 0 bridgehead atoms. The summed E-state index contributed by atoms with van der Waals surface area (Å²) in [5, 5.41) is 0. The predicted molar refractivity (Wildman–Crippen MR) is 330 cm³/mol. The Bertz CT molecular complexity index is 1310. The lowest BCUT2D eigenvalue weighted by molar-refractivity contribution is -0.167. The van der Waals surface area contributed by atoms with Gasteiger partial charge >= 0.3 is 17.9 Å². The summed E-state index contributed by atoms with van der Waals surface area (Å²) in [7, 11) is 0. The van der Waals surface area contributed by atoms with Crippen molar-refractivity contribution in [3.05, 3.63) is 48.6 Å². The average Bonchev–Trinajstić information content (AvgIpc) is 3.42. The Morgan fingerprint density at radius 3 is 0.750 bits per heavy atom. The fourth-order valence-corrected chi connectivity index (χ4v) is 9.98. The van der Waals surface area contributed by atoms with Gasteiger partial charge in [0.2, 0.25) is 0 Å². The molecule has 76 heavy (non-hydrogen) atoms. The van der Waals surface area contributed by atoms with E-state index >= 15 is 0 Å². The van der Waals surface area contributed by atoms with Crippen LogP contribution < -0.4 is 0 Å². The van der Waals surface area contributed by atoms with E-state index in [2.05, 4.69) is 69.4 Å². The summed E-state index contributed by atoms with van der Waals surface area (Å²) in [6.07, 6.45) is 81.3. The smallest absolute Gasteiger partial charge is 0.306 e. The molecule has 0 spiro atoms. The Labute approximate surface area is 473 Å².